The van der Waals surface area contributed by atoms with Gasteiger partial charge in [0.25, 0.3) is 11.5 Å². The van der Waals surface area contributed by atoms with Crippen molar-refractivity contribution in [3.8, 4) is 28.5 Å². The molecule has 0 radical (unpaired) electrons. The van der Waals surface area contributed by atoms with Gasteiger partial charge >= 0.3 is 0 Å². The second-order valence-corrected chi connectivity index (χ2v) is 7.33. The molecule has 9 heteroatoms. The smallest absolute Gasteiger partial charge is 0.266 e. The van der Waals surface area contributed by atoms with E-state index >= 15 is 0 Å². The zero-order chi connectivity index (χ0) is 23.1. The van der Waals surface area contributed by atoms with Gasteiger partial charge in [-0.25, -0.2) is 4.68 Å². The van der Waals surface area contributed by atoms with E-state index in [0.29, 0.717) is 33.5 Å². The SMILES string of the molecule is COc1ccc(OC)c(-c2ccc(=O)n(CCNC(=O)COc3cc(C)ccc3Cl)n2)c1. The molecule has 0 saturated carbocycles. The van der Waals surface area contributed by atoms with Crippen LogP contribution in [0.15, 0.2) is 53.3 Å². The van der Waals surface area contributed by atoms with Crippen molar-refractivity contribution >= 4 is 17.5 Å². The molecule has 168 valence electrons. The number of hydrogen-bond acceptors (Lipinski definition) is 6. The first kappa shape index (κ1) is 23.1. The number of halogens is 1. The van der Waals surface area contributed by atoms with Gasteiger partial charge in [0.15, 0.2) is 6.61 Å². The first-order valence-electron chi connectivity index (χ1n) is 9.87. The Hall–Kier alpha value is -3.52. The number of carbonyl (C=O) groups excluding carboxylic acids is 1. The van der Waals surface area contributed by atoms with Crippen LogP contribution in [0.3, 0.4) is 0 Å². The number of nitrogens with zero attached hydrogens (tertiary/aromatic N) is 2. The molecule has 1 N–H and O–H groups in total. The molecule has 1 heterocycles. The summed E-state index contributed by atoms with van der Waals surface area (Å²) in [7, 11) is 3.13. The first-order chi connectivity index (χ1) is 15.4. The third-order valence-electron chi connectivity index (χ3n) is 4.64. The zero-order valence-electron chi connectivity index (χ0n) is 18.1. The molecule has 0 fully saturated rings. The van der Waals surface area contributed by atoms with Gasteiger partial charge in [0.2, 0.25) is 0 Å². The molecule has 1 aromatic heterocycles. The molecule has 0 aliphatic rings. The average Bonchev–Trinajstić information content (AvgIpc) is 2.80. The molecule has 0 saturated heterocycles. The summed E-state index contributed by atoms with van der Waals surface area (Å²) in [6, 6.07) is 13.7. The molecule has 0 spiro atoms. The molecule has 0 aliphatic heterocycles. The number of rotatable bonds is 9. The minimum Gasteiger partial charge on any atom is -0.497 e. The summed E-state index contributed by atoms with van der Waals surface area (Å²) < 4.78 is 17.4. The fourth-order valence-corrected chi connectivity index (χ4v) is 3.16. The number of hydrogen-bond donors (Lipinski definition) is 1. The van der Waals surface area contributed by atoms with E-state index in [1.807, 2.05) is 13.0 Å². The second kappa shape index (κ2) is 10.7. The Morgan fingerprint density at radius 3 is 2.62 bits per heavy atom. The normalized spacial score (nSPS) is 10.5. The topological polar surface area (TPSA) is 91.7 Å². The van der Waals surface area contributed by atoms with Gasteiger partial charge in [-0.2, -0.15) is 5.10 Å². The van der Waals surface area contributed by atoms with E-state index in [0.717, 1.165) is 5.56 Å². The van der Waals surface area contributed by atoms with Gasteiger partial charge in [0, 0.05) is 18.2 Å². The van der Waals surface area contributed by atoms with Gasteiger partial charge in [-0.1, -0.05) is 17.7 Å². The van der Waals surface area contributed by atoms with Crippen molar-refractivity contribution in [1.82, 2.24) is 15.1 Å². The summed E-state index contributed by atoms with van der Waals surface area (Å²) in [5.41, 5.74) is 1.92. The van der Waals surface area contributed by atoms with Gasteiger partial charge in [0.05, 0.1) is 31.5 Å². The largest absolute Gasteiger partial charge is 0.497 e. The molecular formula is C23H24ClN3O5. The van der Waals surface area contributed by atoms with E-state index in [1.54, 1.807) is 50.6 Å². The summed E-state index contributed by atoms with van der Waals surface area (Å²) in [6.07, 6.45) is 0. The predicted octanol–water partition coefficient (Wildman–Crippen LogP) is 3.08. The molecule has 3 rings (SSSR count). The molecule has 3 aromatic rings. The molecule has 1 amide bonds. The van der Waals surface area contributed by atoms with Crippen LogP contribution < -0.4 is 25.1 Å². The predicted molar refractivity (Wildman–Crippen MR) is 122 cm³/mol. The van der Waals surface area contributed by atoms with Crippen LogP contribution in [0.2, 0.25) is 5.02 Å². The molecular weight excluding hydrogens is 434 g/mol. The maximum atomic E-state index is 12.2. The highest BCUT2D eigenvalue weighted by Gasteiger charge is 2.11. The van der Waals surface area contributed by atoms with Gasteiger partial charge in [0.1, 0.15) is 17.2 Å². The fraction of sp³-hybridized carbons (Fsp3) is 0.261. The maximum absolute atomic E-state index is 12.2. The summed E-state index contributed by atoms with van der Waals surface area (Å²) in [5, 5.41) is 7.55. The van der Waals surface area contributed by atoms with Crippen LogP contribution in [0, 0.1) is 6.92 Å². The van der Waals surface area contributed by atoms with E-state index < -0.39 is 0 Å². The van der Waals surface area contributed by atoms with E-state index in [2.05, 4.69) is 10.4 Å². The number of nitrogens with one attached hydrogen (secondary N) is 1. The van der Waals surface area contributed by atoms with Crippen LogP contribution in [0.1, 0.15) is 5.56 Å². The Balaban J connectivity index is 1.63. The van der Waals surface area contributed by atoms with Crippen LogP contribution in [0.4, 0.5) is 0 Å². The standard InChI is InChI=1S/C23H24ClN3O5/c1-15-4-6-18(24)21(12-15)32-14-22(28)25-10-11-27-23(29)9-7-19(26-27)17-13-16(30-2)5-8-20(17)31-3/h4-9,12-13H,10-11,14H2,1-3H3,(H,25,28). The quantitative estimate of drug-likeness (QED) is 0.531. The lowest BCUT2D eigenvalue weighted by Gasteiger charge is -2.12. The number of aryl methyl sites for hydroxylation is 1. The number of benzene rings is 2. The van der Waals surface area contributed by atoms with E-state index in [-0.39, 0.29) is 31.2 Å². The fourth-order valence-electron chi connectivity index (χ4n) is 2.98. The number of methoxy groups -OCH3 is 2. The lowest BCUT2D eigenvalue weighted by Crippen LogP contribution is -2.34. The van der Waals surface area contributed by atoms with Crippen molar-refractivity contribution in [2.75, 3.05) is 27.4 Å². The first-order valence-corrected chi connectivity index (χ1v) is 10.3. The van der Waals surface area contributed by atoms with E-state index in [4.69, 9.17) is 25.8 Å². The summed E-state index contributed by atoms with van der Waals surface area (Å²) in [5.74, 6) is 1.35. The number of ether oxygens (including phenoxy) is 3. The van der Waals surface area contributed by atoms with Crippen LogP contribution in [0.25, 0.3) is 11.3 Å². The molecule has 0 unspecified atom stereocenters. The maximum Gasteiger partial charge on any atom is 0.266 e. The van der Waals surface area contributed by atoms with Crippen LogP contribution in [0.5, 0.6) is 17.2 Å². The Labute approximate surface area is 190 Å². The summed E-state index contributed by atoms with van der Waals surface area (Å²) >= 11 is 6.07. The minimum atomic E-state index is -0.332. The molecule has 32 heavy (non-hydrogen) atoms. The summed E-state index contributed by atoms with van der Waals surface area (Å²) in [6.45, 7) is 2.11. The lowest BCUT2D eigenvalue weighted by atomic mass is 10.1. The second-order valence-electron chi connectivity index (χ2n) is 6.92. The van der Waals surface area contributed by atoms with Crippen molar-refractivity contribution in [3.05, 3.63) is 69.5 Å². The van der Waals surface area contributed by atoms with Crippen LogP contribution in [-0.2, 0) is 11.3 Å². The van der Waals surface area contributed by atoms with Crippen molar-refractivity contribution in [3.63, 3.8) is 0 Å². The molecule has 0 atom stereocenters. The highest BCUT2D eigenvalue weighted by molar-refractivity contribution is 6.32. The highest BCUT2D eigenvalue weighted by Crippen LogP contribution is 2.31. The Kier molecular flexibility index (Phi) is 7.72. The zero-order valence-corrected chi connectivity index (χ0v) is 18.8. The Morgan fingerprint density at radius 1 is 1.06 bits per heavy atom. The lowest BCUT2D eigenvalue weighted by molar-refractivity contribution is -0.123. The van der Waals surface area contributed by atoms with Crippen molar-refractivity contribution in [2.45, 2.75) is 13.5 Å². The van der Waals surface area contributed by atoms with Crippen LogP contribution >= 0.6 is 11.6 Å². The van der Waals surface area contributed by atoms with Crippen LogP contribution in [-0.4, -0.2) is 43.1 Å². The van der Waals surface area contributed by atoms with E-state index in [9.17, 15) is 9.59 Å². The Morgan fingerprint density at radius 2 is 1.88 bits per heavy atom. The summed E-state index contributed by atoms with van der Waals surface area (Å²) in [4.78, 5) is 24.3. The van der Waals surface area contributed by atoms with Gasteiger partial charge in [-0.05, 0) is 48.9 Å². The molecule has 8 nitrogen and oxygen atoms in total. The van der Waals surface area contributed by atoms with Crippen molar-refractivity contribution < 1.29 is 19.0 Å². The molecule has 2 aromatic carbocycles. The van der Waals surface area contributed by atoms with Crippen molar-refractivity contribution in [1.29, 1.82) is 0 Å². The molecule has 0 aliphatic carbocycles. The third-order valence-corrected chi connectivity index (χ3v) is 4.95. The minimum absolute atomic E-state index is 0.188. The third kappa shape index (κ3) is 5.79. The average molecular weight is 458 g/mol. The van der Waals surface area contributed by atoms with Gasteiger partial charge in [-0.15, -0.1) is 0 Å². The van der Waals surface area contributed by atoms with Gasteiger partial charge in [-0.3, -0.25) is 9.59 Å². The number of aromatic nitrogens is 2. The number of amides is 1. The van der Waals surface area contributed by atoms with E-state index in [1.165, 1.54) is 10.7 Å². The Bertz CT molecular complexity index is 1160. The van der Waals surface area contributed by atoms with Crippen molar-refractivity contribution in [2.24, 2.45) is 0 Å². The number of carbonyl (C=O) groups is 1. The highest BCUT2D eigenvalue weighted by atomic mass is 35.5. The van der Waals surface area contributed by atoms with Gasteiger partial charge < -0.3 is 19.5 Å². The monoisotopic (exact) mass is 457 g/mol. The molecule has 0 bridgehead atoms.